The number of nitriles is 1. The summed E-state index contributed by atoms with van der Waals surface area (Å²) in [5, 5.41) is 13.3. The van der Waals surface area contributed by atoms with E-state index in [9.17, 15) is 13.6 Å². The first-order chi connectivity index (χ1) is 14.0. The maximum atomic E-state index is 13.9. The third-order valence-electron chi connectivity index (χ3n) is 4.69. The van der Waals surface area contributed by atoms with E-state index in [1.165, 1.54) is 17.0 Å². The lowest BCUT2D eigenvalue weighted by Gasteiger charge is -2.27. The predicted octanol–water partition coefficient (Wildman–Crippen LogP) is 3.27. The highest BCUT2D eigenvalue weighted by molar-refractivity contribution is 5.94. The van der Waals surface area contributed by atoms with Gasteiger partial charge in [-0.2, -0.15) is 5.26 Å². The molecule has 0 saturated carbocycles. The Morgan fingerprint density at radius 2 is 2.00 bits per heavy atom. The van der Waals surface area contributed by atoms with E-state index in [0.717, 1.165) is 17.3 Å². The van der Waals surface area contributed by atoms with E-state index in [2.05, 4.69) is 11.2 Å². The van der Waals surface area contributed by atoms with Crippen LogP contribution < -0.4 is 4.74 Å². The number of benzene rings is 2. The normalized spacial score (nSPS) is 12.9. The Hall–Kier alpha value is -3.73. The predicted molar refractivity (Wildman–Crippen MR) is 98.8 cm³/mol. The molecule has 146 valence electrons. The molecule has 0 bridgehead atoms. The molecule has 0 aliphatic carbocycles. The lowest BCUT2D eigenvalue weighted by atomic mass is 10.1. The van der Waals surface area contributed by atoms with Crippen molar-refractivity contribution in [3.05, 3.63) is 82.5 Å². The van der Waals surface area contributed by atoms with Crippen LogP contribution in [-0.4, -0.2) is 27.1 Å². The molecule has 1 aliphatic rings. The third kappa shape index (κ3) is 3.80. The summed E-state index contributed by atoms with van der Waals surface area (Å²) in [6, 6.07) is 14.5. The van der Waals surface area contributed by atoms with Gasteiger partial charge in [0.2, 0.25) is 5.88 Å². The molecule has 4 rings (SSSR count). The van der Waals surface area contributed by atoms with Crippen LogP contribution in [0.1, 0.15) is 27.2 Å². The van der Waals surface area contributed by atoms with Crippen molar-refractivity contribution in [2.45, 2.75) is 19.7 Å². The number of fused-ring (bicyclic) bond motifs is 1. The van der Waals surface area contributed by atoms with E-state index in [1.807, 2.05) is 6.07 Å². The molecule has 0 fully saturated rings. The Bertz CT molecular complexity index is 1120. The molecule has 1 amide bonds. The van der Waals surface area contributed by atoms with Crippen LogP contribution in [0.25, 0.3) is 0 Å². The van der Waals surface area contributed by atoms with Gasteiger partial charge in [-0.15, -0.1) is 5.10 Å². The second-order valence-electron chi connectivity index (χ2n) is 6.63. The van der Waals surface area contributed by atoms with Crippen molar-refractivity contribution < 1.29 is 18.3 Å². The Morgan fingerprint density at radius 3 is 2.83 bits per heavy atom. The molecular weight excluding hydrogens is 378 g/mol. The summed E-state index contributed by atoms with van der Waals surface area (Å²) in [5.74, 6) is -2.35. The van der Waals surface area contributed by atoms with Gasteiger partial charge in [0.1, 0.15) is 6.61 Å². The smallest absolute Gasteiger partial charge is 0.257 e. The van der Waals surface area contributed by atoms with Crippen molar-refractivity contribution in [2.24, 2.45) is 0 Å². The number of rotatable bonds is 4. The maximum absolute atomic E-state index is 13.9. The van der Waals surface area contributed by atoms with E-state index in [0.29, 0.717) is 24.5 Å². The van der Waals surface area contributed by atoms with E-state index in [-0.39, 0.29) is 18.7 Å². The SMILES string of the molecule is N#Cc1cccc(COc2cc3n(n2)CCN(C(=O)c2cccc(F)c2F)C3)c1. The summed E-state index contributed by atoms with van der Waals surface area (Å²) in [6.07, 6.45) is 0. The molecule has 2 aromatic carbocycles. The van der Waals surface area contributed by atoms with Gasteiger partial charge < -0.3 is 9.64 Å². The van der Waals surface area contributed by atoms with Crippen LogP contribution in [0, 0.1) is 23.0 Å². The zero-order chi connectivity index (χ0) is 20.4. The van der Waals surface area contributed by atoms with Gasteiger partial charge in [-0.25, -0.2) is 8.78 Å². The molecule has 0 unspecified atom stereocenters. The van der Waals surface area contributed by atoms with E-state index in [4.69, 9.17) is 10.00 Å². The minimum Gasteiger partial charge on any atom is -0.472 e. The number of hydrogen-bond acceptors (Lipinski definition) is 4. The Labute approximate surface area is 165 Å². The Morgan fingerprint density at radius 1 is 1.17 bits per heavy atom. The van der Waals surface area contributed by atoms with E-state index >= 15 is 0 Å². The number of amides is 1. The highest BCUT2D eigenvalue weighted by atomic mass is 19.2. The highest BCUT2D eigenvalue weighted by Crippen LogP contribution is 2.22. The Kier molecular flexibility index (Phi) is 4.96. The van der Waals surface area contributed by atoms with Crippen LogP contribution in [0.4, 0.5) is 8.78 Å². The summed E-state index contributed by atoms with van der Waals surface area (Å²) in [7, 11) is 0. The molecule has 0 N–H and O–H groups in total. The number of carbonyl (C=O) groups is 1. The largest absolute Gasteiger partial charge is 0.472 e. The number of hydrogen-bond donors (Lipinski definition) is 0. The van der Waals surface area contributed by atoms with Crippen molar-refractivity contribution in [1.82, 2.24) is 14.7 Å². The van der Waals surface area contributed by atoms with Crippen molar-refractivity contribution in [2.75, 3.05) is 6.54 Å². The molecule has 0 spiro atoms. The van der Waals surface area contributed by atoms with Gasteiger partial charge in [-0.3, -0.25) is 9.48 Å². The van der Waals surface area contributed by atoms with Crippen LogP contribution in [0.5, 0.6) is 5.88 Å². The standard InChI is InChI=1S/C21H16F2N4O2/c22-18-6-2-5-17(20(18)23)21(28)26-7-8-27-16(12-26)10-19(25-27)29-13-15-4-1-3-14(9-15)11-24/h1-6,9-10H,7-8,12-13H2. The minimum atomic E-state index is -1.14. The second-order valence-corrected chi connectivity index (χ2v) is 6.63. The monoisotopic (exact) mass is 394 g/mol. The van der Waals surface area contributed by atoms with Crippen molar-refractivity contribution in [1.29, 1.82) is 5.26 Å². The van der Waals surface area contributed by atoms with Crippen LogP contribution in [0.3, 0.4) is 0 Å². The lowest BCUT2D eigenvalue weighted by molar-refractivity contribution is 0.0700. The van der Waals surface area contributed by atoms with Gasteiger partial charge in [0, 0.05) is 12.6 Å². The highest BCUT2D eigenvalue weighted by Gasteiger charge is 2.26. The van der Waals surface area contributed by atoms with E-state index in [1.54, 1.807) is 28.9 Å². The molecule has 6 nitrogen and oxygen atoms in total. The van der Waals surface area contributed by atoms with Crippen molar-refractivity contribution >= 4 is 5.91 Å². The number of nitrogens with zero attached hydrogens (tertiary/aromatic N) is 4. The fourth-order valence-corrected chi connectivity index (χ4v) is 3.21. The third-order valence-corrected chi connectivity index (χ3v) is 4.69. The summed E-state index contributed by atoms with van der Waals surface area (Å²) < 4.78 is 34.8. The maximum Gasteiger partial charge on any atom is 0.257 e. The molecule has 0 radical (unpaired) electrons. The number of aromatic nitrogens is 2. The van der Waals surface area contributed by atoms with Gasteiger partial charge >= 0.3 is 0 Å². The average Bonchev–Trinajstić information content (AvgIpc) is 3.16. The van der Waals surface area contributed by atoms with Crippen LogP contribution in [-0.2, 0) is 19.7 Å². The summed E-state index contributed by atoms with van der Waals surface area (Å²) in [6.45, 7) is 1.22. The van der Waals surface area contributed by atoms with Gasteiger partial charge in [0.15, 0.2) is 11.6 Å². The van der Waals surface area contributed by atoms with Crippen LogP contribution >= 0.6 is 0 Å². The Balaban J connectivity index is 1.45. The minimum absolute atomic E-state index is 0.217. The van der Waals surface area contributed by atoms with Crippen LogP contribution in [0.2, 0.25) is 0 Å². The molecule has 1 aromatic heterocycles. The number of carbonyl (C=O) groups excluding carboxylic acids is 1. The zero-order valence-corrected chi connectivity index (χ0v) is 15.3. The summed E-state index contributed by atoms with van der Waals surface area (Å²) in [5.41, 5.74) is 1.84. The van der Waals surface area contributed by atoms with Crippen molar-refractivity contribution in [3.63, 3.8) is 0 Å². The van der Waals surface area contributed by atoms with Crippen LogP contribution in [0.15, 0.2) is 48.5 Å². The molecule has 8 heteroatoms. The molecular formula is C21H16F2N4O2. The van der Waals surface area contributed by atoms with Gasteiger partial charge in [0.05, 0.1) is 36.0 Å². The number of halogens is 2. The van der Waals surface area contributed by atoms with Gasteiger partial charge in [-0.05, 0) is 29.8 Å². The molecule has 29 heavy (non-hydrogen) atoms. The summed E-state index contributed by atoms with van der Waals surface area (Å²) in [4.78, 5) is 14.0. The van der Waals surface area contributed by atoms with Gasteiger partial charge in [0.25, 0.3) is 5.91 Å². The zero-order valence-electron chi connectivity index (χ0n) is 15.3. The molecule has 0 saturated heterocycles. The molecule has 0 atom stereocenters. The second kappa shape index (κ2) is 7.72. The van der Waals surface area contributed by atoms with Gasteiger partial charge in [-0.1, -0.05) is 18.2 Å². The van der Waals surface area contributed by atoms with Crippen molar-refractivity contribution in [3.8, 4) is 11.9 Å². The fraction of sp³-hybridized carbons (Fsp3) is 0.190. The van der Waals surface area contributed by atoms with E-state index < -0.39 is 17.5 Å². The lowest BCUT2D eigenvalue weighted by Crippen LogP contribution is -2.38. The topological polar surface area (TPSA) is 71.2 Å². The molecule has 2 heterocycles. The molecule has 1 aliphatic heterocycles. The molecule has 3 aromatic rings. The fourth-order valence-electron chi connectivity index (χ4n) is 3.21. The first-order valence-corrected chi connectivity index (χ1v) is 8.97. The quantitative estimate of drug-likeness (QED) is 0.681. The average molecular weight is 394 g/mol. The first kappa shape index (κ1) is 18.6. The number of ether oxygens (including phenoxy) is 1. The summed E-state index contributed by atoms with van der Waals surface area (Å²) >= 11 is 0. The first-order valence-electron chi connectivity index (χ1n) is 8.97.